The minimum atomic E-state index is -0.0507. The summed E-state index contributed by atoms with van der Waals surface area (Å²) in [5, 5.41) is 3.88. The van der Waals surface area contributed by atoms with Crippen molar-refractivity contribution >= 4 is 5.78 Å². The Balaban J connectivity index is 1.28. The van der Waals surface area contributed by atoms with Crippen LogP contribution in [0.3, 0.4) is 0 Å². The van der Waals surface area contributed by atoms with Gasteiger partial charge in [-0.3, -0.25) is 10.1 Å². The SMILES string of the molecule is CC1CCC2(NC1)OC1CC3C4CCC5=CC(=O)CC[C@]5(C)C4CC[C@]3(C)C1C2C. The molecule has 0 bridgehead atoms. The van der Waals surface area contributed by atoms with Gasteiger partial charge in [0.05, 0.1) is 6.10 Å². The lowest BCUT2D eigenvalue weighted by Gasteiger charge is -2.58. The van der Waals surface area contributed by atoms with E-state index in [0.29, 0.717) is 29.1 Å². The minimum absolute atomic E-state index is 0.0507. The Kier molecular flexibility index (Phi) is 4.29. The van der Waals surface area contributed by atoms with Gasteiger partial charge in [0.25, 0.3) is 0 Å². The number of hydrogen-bond acceptors (Lipinski definition) is 3. The average molecular weight is 412 g/mol. The molecule has 4 aliphatic carbocycles. The Hall–Kier alpha value is -0.670. The summed E-state index contributed by atoms with van der Waals surface area (Å²) in [6, 6.07) is 0. The first-order chi connectivity index (χ1) is 14.3. The number of allylic oxidation sites excluding steroid dienone is 1. The fourth-order valence-corrected chi connectivity index (χ4v) is 9.76. The third kappa shape index (κ3) is 2.48. The van der Waals surface area contributed by atoms with E-state index in [2.05, 4.69) is 33.0 Å². The van der Waals surface area contributed by atoms with E-state index in [1.165, 1.54) is 44.1 Å². The molecule has 3 saturated carbocycles. The second-order valence-corrected chi connectivity index (χ2v) is 12.6. The number of hydrogen-bond donors (Lipinski definition) is 1. The number of carbonyl (C=O) groups excluding carboxylic acids is 1. The van der Waals surface area contributed by atoms with Crippen LogP contribution in [0.5, 0.6) is 0 Å². The molecule has 2 heterocycles. The highest BCUT2D eigenvalue weighted by atomic mass is 16.5. The van der Waals surface area contributed by atoms with Crippen molar-refractivity contribution in [3.05, 3.63) is 11.6 Å². The summed E-state index contributed by atoms with van der Waals surface area (Å²) >= 11 is 0. The predicted molar refractivity (Wildman–Crippen MR) is 119 cm³/mol. The number of ketones is 1. The van der Waals surface area contributed by atoms with Gasteiger partial charge in [0, 0.05) is 18.9 Å². The molecule has 3 heteroatoms. The number of rotatable bonds is 0. The molecule has 0 radical (unpaired) electrons. The molecule has 166 valence electrons. The highest BCUT2D eigenvalue weighted by Gasteiger charge is 2.68. The first-order valence-electron chi connectivity index (χ1n) is 12.9. The maximum absolute atomic E-state index is 12.1. The lowest BCUT2D eigenvalue weighted by molar-refractivity contribution is -0.120. The van der Waals surface area contributed by atoms with Gasteiger partial charge >= 0.3 is 0 Å². The van der Waals surface area contributed by atoms with Crippen molar-refractivity contribution in [1.82, 2.24) is 5.32 Å². The molecule has 30 heavy (non-hydrogen) atoms. The molecule has 6 aliphatic rings. The van der Waals surface area contributed by atoms with Crippen LogP contribution in [0.25, 0.3) is 0 Å². The summed E-state index contributed by atoms with van der Waals surface area (Å²) in [5.74, 6) is 4.89. The second kappa shape index (κ2) is 6.44. The van der Waals surface area contributed by atoms with Crippen molar-refractivity contribution in [3.8, 4) is 0 Å². The van der Waals surface area contributed by atoms with Crippen LogP contribution < -0.4 is 5.32 Å². The maximum atomic E-state index is 12.1. The molecule has 6 rings (SSSR count). The summed E-state index contributed by atoms with van der Waals surface area (Å²) in [5.41, 5.74) is 2.16. The first kappa shape index (κ1) is 20.0. The monoisotopic (exact) mass is 411 g/mol. The van der Waals surface area contributed by atoms with Crippen LogP contribution in [-0.4, -0.2) is 24.2 Å². The van der Waals surface area contributed by atoms with Gasteiger partial charge in [-0.15, -0.1) is 0 Å². The van der Waals surface area contributed by atoms with Crippen molar-refractivity contribution in [2.24, 2.45) is 46.3 Å². The van der Waals surface area contributed by atoms with Crippen molar-refractivity contribution in [2.75, 3.05) is 6.54 Å². The fourth-order valence-electron chi connectivity index (χ4n) is 9.76. The first-order valence-corrected chi connectivity index (χ1v) is 12.9. The van der Waals surface area contributed by atoms with Gasteiger partial charge in [-0.2, -0.15) is 0 Å². The van der Waals surface area contributed by atoms with Crippen LogP contribution in [0.4, 0.5) is 0 Å². The smallest absolute Gasteiger partial charge is 0.155 e. The molecule has 1 N–H and O–H groups in total. The molecule has 8 unspecified atom stereocenters. The van der Waals surface area contributed by atoms with Gasteiger partial charge in [-0.25, -0.2) is 0 Å². The molecular weight excluding hydrogens is 370 g/mol. The summed E-state index contributed by atoms with van der Waals surface area (Å²) < 4.78 is 6.99. The summed E-state index contributed by atoms with van der Waals surface area (Å²) in [6.45, 7) is 11.1. The van der Waals surface area contributed by atoms with E-state index in [9.17, 15) is 4.79 Å². The van der Waals surface area contributed by atoms with Crippen LogP contribution in [-0.2, 0) is 9.53 Å². The van der Waals surface area contributed by atoms with Crippen LogP contribution >= 0.6 is 0 Å². The Bertz CT molecular complexity index is 780. The van der Waals surface area contributed by atoms with E-state index in [1.54, 1.807) is 0 Å². The Morgan fingerprint density at radius 2 is 1.87 bits per heavy atom. The van der Waals surface area contributed by atoms with E-state index >= 15 is 0 Å². The van der Waals surface area contributed by atoms with E-state index in [-0.39, 0.29) is 11.1 Å². The largest absolute Gasteiger partial charge is 0.357 e. The maximum Gasteiger partial charge on any atom is 0.155 e. The molecule has 10 atom stereocenters. The van der Waals surface area contributed by atoms with E-state index < -0.39 is 0 Å². The topological polar surface area (TPSA) is 38.3 Å². The van der Waals surface area contributed by atoms with Crippen molar-refractivity contribution in [3.63, 3.8) is 0 Å². The number of ether oxygens (including phenoxy) is 1. The molecular formula is C27H41NO2. The fraction of sp³-hybridized carbons (Fsp3) is 0.889. The van der Waals surface area contributed by atoms with E-state index in [4.69, 9.17) is 4.74 Å². The van der Waals surface area contributed by atoms with Crippen LogP contribution in [0.15, 0.2) is 11.6 Å². The molecule has 0 aromatic carbocycles. The van der Waals surface area contributed by atoms with Crippen molar-refractivity contribution < 1.29 is 9.53 Å². The van der Waals surface area contributed by atoms with Crippen molar-refractivity contribution in [1.29, 1.82) is 0 Å². The van der Waals surface area contributed by atoms with Gasteiger partial charge in [0.2, 0.25) is 0 Å². The molecule has 2 aliphatic heterocycles. The van der Waals surface area contributed by atoms with E-state index in [0.717, 1.165) is 49.5 Å². The standard InChI is InChI=1S/C27H41NO2/c1-16-7-12-27(28-15-16)17(2)24-23(30-27)14-22-20-6-5-18-13-19(29)8-10-25(18,3)21(20)9-11-26(22,24)4/h13,16-17,20-24,28H,5-12,14-15H2,1-4H3/t16?,17?,20?,21?,22?,23?,24?,25-,26-,27?/m0/s1. The second-order valence-electron chi connectivity index (χ2n) is 12.6. The Labute approximate surface area is 182 Å². The summed E-state index contributed by atoms with van der Waals surface area (Å²) in [7, 11) is 0. The Morgan fingerprint density at radius 1 is 1.03 bits per heavy atom. The zero-order valence-corrected chi connectivity index (χ0v) is 19.5. The van der Waals surface area contributed by atoms with Crippen LogP contribution in [0, 0.1) is 46.3 Å². The van der Waals surface area contributed by atoms with Gasteiger partial charge in [-0.05, 0) is 97.9 Å². The molecule has 3 nitrogen and oxygen atoms in total. The molecule has 0 amide bonds. The summed E-state index contributed by atoms with van der Waals surface area (Å²) in [4.78, 5) is 12.1. The molecule has 0 aromatic heterocycles. The highest BCUT2D eigenvalue weighted by molar-refractivity contribution is 5.91. The summed E-state index contributed by atoms with van der Waals surface area (Å²) in [6.07, 6.45) is 13.3. The number of piperidine rings is 1. The molecule has 1 spiro atoms. The zero-order valence-electron chi connectivity index (χ0n) is 19.5. The van der Waals surface area contributed by atoms with E-state index in [1.807, 2.05) is 6.08 Å². The highest BCUT2D eigenvalue weighted by Crippen LogP contribution is 2.70. The Morgan fingerprint density at radius 3 is 2.63 bits per heavy atom. The minimum Gasteiger partial charge on any atom is -0.357 e. The lowest BCUT2D eigenvalue weighted by Crippen LogP contribution is -2.57. The number of carbonyl (C=O) groups is 1. The quantitative estimate of drug-likeness (QED) is 0.572. The zero-order chi connectivity index (χ0) is 20.9. The van der Waals surface area contributed by atoms with Gasteiger partial charge in [0.15, 0.2) is 5.78 Å². The lowest BCUT2D eigenvalue weighted by atomic mass is 9.46. The molecule has 2 saturated heterocycles. The van der Waals surface area contributed by atoms with Gasteiger partial charge in [0.1, 0.15) is 5.72 Å². The van der Waals surface area contributed by atoms with Gasteiger partial charge in [-0.1, -0.05) is 33.3 Å². The van der Waals surface area contributed by atoms with Gasteiger partial charge < -0.3 is 4.74 Å². The normalized spacial score (nSPS) is 57.4. The number of nitrogens with one attached hydrogen (secondary N) is 1. The van der Waals surface area contributed by atoms with Crippen LogP contribution in [0.2, 0.25) is 0 Å². The average Bonchev–Trinajstić information content (AvgIpc) is 3.16. The van der Waals surface area contributed by atoms with Crippen molar-refractivity contribution in [2.45, 2.75) is 97.3 Å². The predicted octanol–water partition coefficient (Wildman–Crippen LogP) is 5.50. The third-order valence-corrected chi connectivity index (χ3v) is 11.4. The molecule has 0 aromatic rings. The third-order valence-electron chi connectivity index (χ3n) is 11.4. The number of fused-ring (bicyclic) bond motifs is 7. The van der Waals surface area contributed by atoms with Crippen LogP contribution in [0.1, 0.15) is 85.5 Å². The molecule has 5 fully saturated rings.